The molecule has 0 radical (unpaired) electrons. The van der Waals surface area contributed by atoms with Crippen LogP contribution in [0.15, 0.2) is 60.7 Å². The van der Waals surface area contributed by atoms with E-state index in [2.05, 4.69) is 10.6 Å². The lowest BCUT2D eigenvalue weighted by atomic mass is 10.0. The van der Waals surface area contributed by atoms with Gasteiger partial charge in [0.15, 0.2) is 0 Å². The summed E-state index contributed by atoms with van der Waals surface area (Å²) >= 11 is 0. The van der Waals surface area contributed by atoms with E-state index in [-0.39, 0.29) is 6.61 Å². The maximum atomic E-state index is 12.3. The first-order valence-electron chi connectivity index (χ1n) is 9.66. The minimum Gasteiger partial charge on any atom is -0.445 e. The number of carbonyl (C=O) groups excluding carboxylic acids is 1. The molecule has 27 heavy (non-hydrogen) atoms. The Bertz CT molecular complexity index is 687. The molecule has 2 aromatic carbocycles. The Kier molecular flexibility index (Phi) is 7.25. The van der Waals surface area contributed by atoms with E-state index in [0.717, 1.165) is 24.0 Å². The van der Waals surface area contributed by atoms with Gasteiger partial charge in [-0.15, -0.1) is 0 Å². The molecule has 0 saturated heterocycles. The average molecular weight is 368 g/mol. The summed E-state index contributed by atoms with van der Waals surface area (Å²) in [5.74, 6) is 0. The van der Waals surface area contributed by atoms with Crippen molar-refractivity contribution < 1.29 is 14.6 Å². The number of hydrogen-bond acceptors (Lipinski definition) is 4. The summed E-state index contributed by atoms with van der Waals surface area (Å²) in [7, 11) is 0. The highest BCUT2D eigenvalue weighted by Crippen LogP contribution is 2.20. The molecule has 0 unspecified atom stereocenters. The smallest absolute Gasteiger partial charge is 0.407 e. The van der Waals surface area contributed by atoms with Crippen molar-refractivity contribution in [2.24, 2.45) is 0 Å². The lowest BCUT2D eigenvalue weighted by molar-refractivity contribution is 0.100. The third kappa shape index (κ3) is 6.08. The van der Waals surface area contributed by atoms with Crippen molar-refractivity contribution >= 4 is 6.09 Å². The molecule has 0 spiro atoms. The van der Waals surface area contributed by atoms with Crippen LogP contribution in [0.2, 0.25) is 0 Å². The van der Waals surface area contributed by atoms with Crippen molar-refractivity contribution in [1.29, 1.82) is 0 Å². The van der Waals surface area contributed by atoms with Crippen molar-refractivity contribution in [1.82, 2.24) is 10.6 Å². The van der Waals surface area contributed by atoms with Gasteiger partial charge in [0.05, 0.1) is 6.04 Å². The summed E-state index contributed by atoms with van der Waals surface area (Å²) < 4.78 is 5.33. The molecule has 1 aliphatic carbocycles. The molecule has 1 amide bonds. The predicted octanol–water partition coefficient (Wildman–Crippen LogP) is 3.55. The van der Waals surface area contributed by atoms with Gasteiger partial charge < -0.3 is 20.5 Å². The summed E-state index contributed by atoms with van der Waals surface area (Å²) in [6, 6.07) is 18.9. The molecule has 3 rings (SSSR count). The van der Waals surface area contributed by atoms with Crippen molar-refractivity contribution in [3.63, 3.8) is 0 Å². The van der Waals surface area contributed by atoms with Crippen LogP contribution in [0, 0.1) is 0 Å². The highest BCUT2D eigenvalue weighted by molar-refractivity contribution is 5.67. The molecule has 1 fully saturated rings. The summed E-state index contributed by atoms with van der Waals surface area (Å²) in [5, 5.41) is 17.1. The number of amides is 1. The van der Waals surface area contributed by atoms with Gasteiger partial charge >= 0.3 is 6.09 Å². The number of alkyl carbamates (subject to hydrolysis) is 1. The lowest BCUT2D eigenvalue weighted by Crippen LogP contribution is -2.47. The lowest BCUT2D eigenvalue weighted by Gasteiger charge is -2.26. The molecule has 0 heterocycles. The van der Waals surface area contributed by atoms with Gasteiger partial charge in [0.1, 0.15) is 12.7 Å². The monoisotopic (exact) mass is 368 g/mol. The van der Waals surface area contributed by atoms with Gasteiger partial charge in [-0.2, -0.15) is 0 Å². The van der Waals surface area contributed by atoms with E-state index in [9.17, 15) is 9.90 Å². The van der Waals surface area contributed by atoms with E-state index in [1.165, 1.54) is 12.8 Å². The fourth-order valence-corrected chi connectivity index (χ4v) is 3.46. The van der Waals surface area contributed by atoms with Crippen LogP contribution in [0.25, 0.3) is 0 Å². The van der Waals surface area contributed by atoms with E-state index in [0.29, 0.717) is 12.6 Å². The van der Waals surface area contributed by atoms with E-state index >= 15 is 0 Å². The Hall–Kier alpha value is -2.37. The Morgan fingerprint density at radius 1 is 1.04 bits per heavy atom. The zero-order valence-corrected chi connectivity index (χ0v) is 15.5. The molecule has 5 heteroatoms. The van der Waals surface area contributed by atoms with Gasteiger partial charge in [0, 0.05) is 12.6 Å². The van der Waals surface area contributed by atoms with Crippen LogP contribution in [-0.2, 0) is 11.3 Å². The summed E-state index contributed by atoms with van der Waals surface area (Å²) in [6.07, 6.45) is 3.43. The van der Waals surface area contributed by atoms with Gasteiger partial charge in [-0.3, -0.25) is 0 Å². The Morgan fingerprint density at radius 2 is 1.67 bits per heavy atom. The first-order chi connectivity index (χ1) is 13.2. The van der Waals surface area contributed by atoms with Crippen LogP contribution in [0.1, 0.15) is 42.9 Å². The van der Waals surface area contributed by atoms with Crippen molar-refractivity contribution in [2.45, 2.75) is 50.5 Å². The molecular weight excluding hydrogens is 340 g/mol. The predicted molar refractivity (Wildman–Crippen MR) is 105 cm³/mol. The standard InChI is InChI=1S/C22H28N2O3/c25-21(18-11-5-2-6-12-18)20(15-23-19-13-7-8-14-19)24-22(26)27-16-17-9-3-1-4-10-17/h1-6,9-12,19-21,23,25H,7-8,13-16H2,(H,24,26)/t20-,21-/m1/s1. The maximum absolute atomic E-state index is 12.3. The quantitative estimate of drug-likeness (QED) is 0.666. The number of benzene rings is 2. The fraction of sp³-hybridized carbons (Fsp3) is 0.409. The van der Waals surface area contributed by atoms with Gasteiger partial charge in [-0.25, -0.2) is 4.79 Å². The Morgan fingerprint density at radius 3 is 2.33 bits per heavy atom. The fourth-order valence-electron chi connectivity index (χ4n) is 3.46. The normalized spacial score (nSPS) is 16.6. The van der Waals surface area contributed by atoms with Crippen LogP contribution in [0.3, 0.4) is 0 Å². The number of carbonyl (C=O) groups is 1. The van der Waals surface area contributed by atoms with Crippen LogP contribution >= 0.6 is 0 Å². The second-order valence-electron chi connectivity index (χ2n) is 7.06. The number of aliphatic hydroxyl groups excluding tert-OH is 1. The minimum absolute atomic E-state index is 0.205. The van der Waals surface area contributed by atoms with Crippen LogP contribution in [0.4, 0.5) is 4.79 Å². The number of hydrogen-bond donors (Lipinski definition) is 3. The van der Waals surface area contributed by atoms with Crippen LogP contribution < -0.4 is 10.6 Å². The Balaban J connectivity index is 1.58. The SMILES string of the molecule is O=C(N[C@H](CNC1CCCC1)[C@H](O)c1ccccc1)OCc1ccccc1. The molecule has 0 bridgehead atoms. The molecule has 1 aliphatic rings. The molecule has 2 aromatic rings. The number of aliphatic hydroxyl groups is 1. The van der Waals surface area contributed by atoms with Gasteiger partial charge in [-0.05, 0) is 24.0 Å². The second-order valence-corrected chi connectivity index (χ2v) is 7.06. The van der Waals surface area contributed by atoms with E-state index in [4.69, 9.17) is 4.74 Å². The molecule has 2 atom stereocenters. The topological polar surface area (TPSA) is 70.6 Å². The van der Waals surface area contributed by atoms with Gasteiger partial charge in [-0.1, -0.05) is 73.5 Å². The summed E-state index contributed by atoms with van der Waals surface area (Å²) in [4.78, 5) is 12.3. The molecule has 5 nitrogen and oxygen atoms in total. The zero-order chi connectivity index (χ0) is 18.9. The molecule has 144 valence electrons. The van der Waals surface area contributed by atoms with E-state index in [1.54, 1.807) is 0 Å². The van der Waals surface area contributed by atoms with Gasteiger partial charge in [0.25, 0.3) is 0 Å². The van der Waals surface area contributed by atoms with Crippen molar-refractivity contribution in [3.05, 3.63) is 71.8 Å². The largest absolute Gasteiger partial charge is 0.445 e. The number of rotatable bonds is 8. The van der Waals surface area contributed by atoms with Crippen molar-refractivity contribution in [2.75, 3.05) is 6.54 Å². The van der Waals surface area contributed by atoms with Crippen LogP contribution in [-0.4, -0.2) is 29.8 Å². The summed E-state index contributed by atoms with van der Waals surface area (Å²) in [5.41, 5.74) is 1.70. The average Bonchev–Trinajstić information content (AvgIpc) is 3.24. The zero-order valence-electron chi connectivity index (χ0n) is 15.5. The van der Waals surface area contributed by atoms with Crippen LogP contribution in [0.5, 0.6) is 0 Å². The third-order valence-corrected chi connectivity index (χ3v) is 5.02. The summed E-state index contributed by atoms with van der Waals surface area (Å²) in [6.45, 7) is 0.706. The highest BCUT2D eigenvalue weighted by atomic mass is 16.5. The maximum Gasteiger partial charge on any atom is 0.407 e. The molecule has 3 N–H and O–H groups in total. The number of nitrogens with one attached hydrogen (secondary N) is 2. The highest BCUT2D eigenvalue weighted by Gasteiger charge is 2.25. The number of ether oxygens (including phenoxy) is 1. The van der Waals surface area contributed by atoms with E-state index in [1.807, 2.05) is 60.7 Å². The minimum atomic E-state index is -0.802. The molecule has 0 aromatic heterocycles. The first kappa shape index (κ1) is 19.4. The first-order valence-corrected chi connectivity index (χ1v) is 9.66. The molecule has 1 saturated carbocycles. The van der Waals surface area contributed by atoms with Crippen molar-refractivity contribution in [3.8, 4) is 0 Å². The van der Waals surface area contributed by atoms with Gasteiger partial charge in [0.2, 0.25) is 0 Å². The Labute approximate surface area is 160 Å². The molecular formula is C22H28N2O3. The molecule has 0 aliphatic heterocycles. The van der Waals surface area contributed by atoms with E-state index < -0.39 is 18.2 Å². The third-order valence-electron chi connectivity index (χ3n) is 5.02. The second kappa shape index (κ2) is 10.1.